The lowest BCUT2D eigenvalue weighted by atomic mass is 10.2. The van der Waals surface area contributed by atoms with Crippen molar-refractivity contribution in [3.8, 4) is 11.6 Å². The Morgan fingerprint density at radius 3 is 2.68 bits per heavy atom. The first-order chi connectivity index (χ1) is 8.90. The number of ether oxygens (including phenoxy) is 1. The van der Waals surface area contributed by atoms with E-state index in [1.807, 2.05) is 0 Å². The summed E-state index contributed by atoms with van der Waals surface area (Å²) in [5.41, 5.74) is 6.61. The SMILES string of the molecule is Cc1nn(C)c(Oc2ccc(Cl)cc2Cl)c1C(=N)N. The van der Waals surface area contributed by atoms with Crippen LogP contribution >= 0.6 is 23.2 Å². The molecular formula is C12H12Cl2N4O. The minimum atomic E-state index is -0.106. The van der Waals surface area contributed by atoms with Crippen LogP contribution in [0.3, 0.4) is 0 Å². The molecule has 2 aromatic rings. The average Bonchev–Trinajstić information content (AvgIpc) is 2.57. The lowest BCUT2D eigenvalue weighted by molar-refractivity contribution is 0.430. The second-order valence-electron chi connectivity index (χ2n) is 3.98. The molecule has 5 nitrogen and oxygen atoms in total. The Balaban J connectivity index is 2.46. The molecule has 3 N–H and O–H groups in total. The van der Waals surface area contributed by atoms with E-state index in [0.29, 0.717) is 32.9 Å². The second kappa shape index (κ2) is 5.11. The Labute approximate surface area is 120 Å². The van der Waals surface area contributed by atoms with Crippen LogP contribution in [0.2, 0.25) is 10.0 Å². The van der Waals surface area contributed by atoms with Gasteiger partial charge in [0.2, 0.25) is 5.88 Å². The van der Waals surface area contributed by atoms with Gasteiger partial charge in [0.25, 0.3) is 0 Å². The highest BCUT2D eigenvalue weighted by Gasteiger charge is 2.18. The highest BCUT2D eigenvalue weighted by atomic mass is 35.5. The van der Waals surface area contributed by atoms with Crippen molar-refractivity contribution < 1.29 is 4.74 Å². The predicted octanol–water partition coefficient (Wildman–Crippen LogP) is 3.11. The van der Waals surface area contributed by atoms with Crippen LogP contribution in [0, 0.1) is 12.3 Å². The summed E-state index contributed by atoms with van der Waals surface area (Å²) < 4.78 is 7.21. The summed E-state index contributed by atoms with van der Waals surface area (Å²) in [6, 6.07) is 4.89. The van der Waals surface area contributed by atoms with Gasteiger partial charge in [-0.2, -0.15) is 5.10 Å². The average molecular weight is 299 g/mol. The molecule has 0 unspecified atom stereocenters. The maximum Gasteiger partial charge on any atom is 0.228 e. The number of hydrogen-bond acceptors (Lipinski definition) is 3. The third-order valence-corrected chi connectivity index (χ3v) is 3.07. The first kappa shape index (κ1) is 13.7. The number of nitrogens with two attached hydrogens (primary N) is 1. The van der Waals surface area contributed by atoms with Gasteiger partial charge < -0.3 is 10.5 Å². The molecule has 0 spiro atoms. The molecule has 1 heterocycles. The Kier molecular flexibility index (Phi) is 3.68. The van der Waals surface area contributed by atoms with Crippen molar-refractivity contribution in [1.82, 2.24) is 9.78 Å². The minimum Gasteiger partial charge on any atom is -0.437 e. The van der Waals surface area contributed by atoms with E-state index < -0.39 is 0 Å². The third kappa shape index (κ3) is 2.67. The summed E-state index contributed by atoms with van der Waals surface area (Å²) in [7, 11) is 1.71. The number of halogens is 2. The molecule has 0 fully saturated rings. The standard InChI is InChI=1S/C12H12Cl2N4O/c1-6-10(11(15)16)12(18(2)17-6)19-9-4-3-7(13)5-8(9)14/h3-5H,1-2H3,(H3,15,16). The van der Waals surface area contributed by atoms with Crippen LogP contribution in [0.4, 0.5) is 0 Å². The van der Waals surface area contributed by atoms with Crippen molar-refractivity contribution in [2.75, 3.05) is 0 Å². The summed E-state index contributed by atoms with van der Waals surface area (Å²) >= 11 is 11.9. The fraction of sp³-hybridized carbons (Fsp3) is 0.167. The smallest absolute Gasteiger partial charge is 0.228 e. The number of aryl methyl sites for hydroxylation is 2. The van der Waals surface area contributed by atoms with Crippen LogP contribution in [0.1, 0.15) is 11.3 Å². The van der Waals surface area contributed by atoms with E-state index in [-0.39, 0.29) is 5.84 Å². The van der Waals surface area contributed by atoms with E-state index in [1.165, 1.54) is 4.68 Å². The molecule has 0 saturated heterocycles. The van der Waals surface area contributed by atoms with Crippen LogP contribution in [0.15, 0.2) is 18.2 Å². The van der Waals surface area contributed by atoms with E-state index in [4.69, 9.17) is 39.1 Å². The number of nitrogens with one attached hydrogen (secondary N) is 1. The zero-order chi connectivity index (χ0) is 14.2. The monoisotopic (exact) mass is 298 g/mol. The molecule has 100 valence electrons. The molecule has 0 bridgehead atoms. The number of benzene rings is 1. The molecule has 2 rings (SSSR count). The molecule has 0 aliphatic heterocycles. The first-order valence-corrected chi connectivity index (χ1v) is 6.16. The summed E-state index contributed by atoms with van der Waals surface area (Å²) in [4.78, 5) is 0. The predicted molar refractivity (Wildman–Crippen MR) is 75.5 cm³/mol. The molecule has 1 aromatic carbocycles. The van der Waals surface area contributed by atoms with Gasteiger partial charge in [0.1, 0.15) is 17.1 Å². The van der Waals surface area contributed by atoms with E-state index in [9.17, 15) is 0 Å². The fourth-order valence-electron chi connectivity index (χ4n) is 1.73. The zero-order valence-electron chi connectivity index (χ0n) is 10.4. The topological polar surface area (TPSA) is 76.9 Å². The second-order valence-corrected chi connectivity index (χ2v) is 4.82. The summed E-state index contributed by atoms with van der Waals surface area (Å²) in [6.45, 7) is 1.76. The van der Waals surface area contributed by atoms with Gasteiger partial charge >= 0.3 is 0 Å². The van der Waals surface area contributed by atoms with Gasteiger partial charge in [0.15, 0.2) is 0 Å². The molecular weight excluding hydrogens is 287 g/mol. The Morgan fingerprint density at radius 2 is 2.11 bits per heavy atom. The molecule has 0 amide bonds. The van der Waals surface area contributed by atoms with Gasteiger partial charge in [-0.15, -0.1) is 0 Å². The van der Waals surface area contributed by atoms with Gasteiger partial charge in [-0.05, 0) is 25.1 Å². The van der Waals surface area contributed by atoms with Gasteiger partial charge in [-0.1, -0.05) is 23.2 Å². The van der Waals surface area contributed by atoms with Gasteiger partial charge in [-0.3, -0.25) is 5.41 Å². The maximum absolute atomic E-state index is 7.57. The Bertz CT molecular complexity index is 651. The maximum atomic E-state index is 7.57. The first-order valence-electron chi connectivity index (χ1n) is 5.41. The highest BCUT2D eigenvalue weighted by Crippen LogP contribution is 2.33. The van der Waals surface area contributed by atoms with E-state index in [1.54, 1.807) is 32.2 Å². The molecule has 0 atom stereocenters. The van der Waals surface area contributed by atoms with Crippen molar-refractivity contribution >= 4 is 29.0 Å². The van der Waals surface area contributed by atoms with Crippen molar-refractivity contribution in [2.45, 2.75) is 6.92 Å². The number of aromatic nitrogens is 2. The lowest BCUT2D eigenvalue weighted by Crippen LogP contribution is -2.13. The number of amidine groups is 1. The quantitative estimate of drug-likeness (QED) is 0.675. The van der Waals surface area contributed by atoms with Crippen LogP contribution in [0.25, 0.3) is 0 Å². The number of nitrogens with zero attached hydrogens (tertiary/aromatic N) is 2. The van der Waals surface area contributed by atoms with Crippen molar-refractivity contribution in [1.29, 1.82) is 5.41 Å². The van der Waals surface area contributed by atoms with Crippen LogP contribution < -0.4 is 10.5 Å². The largest absolute Gasteiger partial charge is 0.437 e. The Hall–Kier alpha value is -1.72. The molecule has 0 aliphatic carbocycles. The molecule has 19 heavy (non-hydrogen) atoms. The van der Waals surface area contributed by atoms with E-state index in [0.717, 1.165) is 0 Å². The van der Waals surface area contributed by atoms with Crippen molar-refractivity contribution in [2.24, 2.45) is 12.8 Å². The van der Waals surface area contributed by atoms with E-state index >= 15 is 0 Å². The van der Waals surface area contributed by atoms with Crippen molar-refractivity contribution in [3.63, 3.8) is 0 Å². The van der Waals surface area contributed by atoms with E-state index in [2.05, 4.69) is 5.10 Å². The highest BCUT2D eigenvalue weighted by molar-refractivity contribution is 6.35. The third-order valence-electron chi connectivity index (χ3n) is 2.54. The molecule has 0 saturated carbocycles. The minimum absolute atomic E-state index is 0.106. The Morgan fingerprint density at radius 1 is 1.42 bits per heavy atom. The van der Waals surface area contributed by atoms with Crippen molar-refractivity contribution in [3.05, 3.63) is 39.5 Å². The lowest BCUT2D eigenvalue weighted by Gasteiger charge is -2.09. The number of hydrogen-bond donors (Lipinski definition) is 2. The van der Waals surface area contributed by atoms with Crippen LogP contribution in [-0.2, 0) is 7.05 Å². The summed E-state index contributed by atoms with van der Waals surface area (Å²) in [5, 5.41) is 12.6. The fourth-order valence-corrected chi connectivity index (χ4v) is 2.17. The van der Waals surface area contributed by atoms with Gasteiger partial charge in [0, 0.05) is 12.1 Å². The zero-order valence-corrected chi connectivity index (χ0v) is 11.9. The van der Waals surface area contributed by atoms with Gasteiger partial charge in [-0.25, -0.2) is 4.68 Å². The molecule has 1 aromatic heterocycles. The van der Waals surface area contributed by atoms with Gasteiger partial charge in [0.05, 0.1) is 10.7 Å². The summed E-state index contributed by atoms with van der Waals surface area (Å²) in [6.07, 6.45) is 0. The number of nitrogen functional groups attached to an aromatic ring is 1. The molecule has 0 aliphatic rings. The van der Waals surface area contributed by atoms with Crippen LogP contribution in [-0.4, -0.2) is 15.6 Å². The summed E-state index contributed by atoms with van der Waals surface area (Å²) in [5.74, 6) is 0.691. The van der Waals surface area contributed by atoms with Crippen LogP contribution in [0.5, 0.6) is 11.6 Å². The normalized spacial score (nSPS) is 10.5. The molecule has 7 heteroatoms. The molecule has 0 radical (unpaired) electrons. The number of rotatable bonds is 3.